The fourth-order valence-electron chi connectivity index (χ4n) is 7.24. The van der Waals surface area contributed by atoms with Gasteiger partial charge in [-0.15, -0.1) is 0 Å². The highest BCUT2D eigenvalue weighted by molar-refractivity contribution is 5.91. The Bertz CT molecular complexity index is 1760. The van der Waals surface area contributed by atoms with Crippen LogP contribution >= 0.6 is 0 Å². The Kier molecular flexibility index (Phi) is 27.5. The first-order chi connectivity index (χ1) is 31.2. The molecule has 0 amide bonds. The summed E-state index contributed by atoms with van der Waals surface area (Å²) in [5.41, 5.74) is 2.32. The molecule has 3 aromatic carbocycles. The largest absolute Gasteiger partial charge is 0.494 e. The van der Waals surface area contributed by atoms with Crippen molar-refractivity contribution in [2.24, 2.45) is 5.92 Å². The molecule has 0 spiro atoms. The molecule has 0 radical (unpaired) electrons. The summed E-state index contributed by atoms with van der Waals surface area (Å²) in [7, 11) is 0. The van der Waals surface area contributed by atoms with Crippen LogP contribution in [-0.2, 0) is 30.2 Å². The first-order valence-electron chi connectivity index (χ1n) is 23.8. The number of carbonyl (C=O) groups excluding carboxylic acids is 4. The van der Waals surface area contributed by atoms with Crippen molar-refractivity contribution in [1.82, 2.24) is 0 Å². The van der Waals surface area contributed by atoms with E-state index in [0.717, 1.165) is 88.0 Å². The van der Waals surface area contributed by atoms with Crippen molar-refractivity contribution in [3.05, 3.63) is 115 Å². The van der Waals surface area contributed by atoms with Crippen molar-refractivity contribution >= 4 is 23.9 Å². The maximum atomic E-state index is 12.5. The average Bonchev–Trinajstić information content (AvgIpc) is 3.32. The van der Waals surface area contributed by atoms with E-state index in [1.54, 1.807) is 36.4 Å². The number of rotatable bonds is 30. The summed E-state index contributed by atoms with van der Waals surface area (Å²) in [6.45, 7) is 13.2. The number of unbranched alkanes of at least 4 members (excludes halogenated alkanes) is 10. The van der Waals surface area contributed by atoms with Gasteiger partial charge in [-0.2, -0.15) is 0 Å². The number of hydrogen-bond acceptors (Lipinski definition) is 10. The molecule has 0 atom stereocenters. The molecule has 1 aliphatic rings. The van der Waals surface area contributed by atoms with Crippen LogP contribution in [0, 0.1) is 5.92 Å². The van der Waals surface area contributed by atoms with Crippen LogP contribution in [0.15, 0.2) is 98.1 Å². The molecule has 3 aromatic rings. The van der Waals surface area contributed by atoms with Crippen LogP contribution in [0.25, 0.3) is 0 Å². The molecule has 1 saturated carbocycles. The molecular formula is C54H74O10. The quantitative estimate of drug-likeness (QED) is 0.0210. The van der Waals surface area contributed by atoms with Crippen molar-refractivity contribution in [3.63, 3.8) is 0 Å². The Hall–Kier alpha value is -5.38. The Labute approximate surface area is 383 Å². The Morgan fingerprint density at radius 1 is 0.516 bits per heavy atom. The van der Waals surface area contributed by atoms with Gasteiger partial charge in [-0.1, -0.05) is 77.7 Å². The molecular weight excluding hydrogens is 809 g/mol. The minimum atomic E-state index is -0.382. The summed E-state index contributed by atoms with van der Waals surface area (Å²) in [5, 5.41) is 0. The number of benzene rings is 3. The van der Waals surface area contributed by atoms with E-state index >= 15 is 0 Å². The van der Waals surface area contributed by atoms with Crippen LogP contribution in [0.4, 0.5) is 0 Å². The second kappa shape index (κ2) is 33.2. The highest BCUT2D eigenvalue weighted by atomic mass is 16.5. The second-order valence-electron chi connectivity index (χ2n) is 16.4. The van der Waals surface area contributed by atoms with Crippen LogP contribution in [0.2, 0.25) is 0 Å². The fraction of sp³-hybridized carbons (Fsp3) is 0.519. The van der Waals surface area contributed by atoms with E-state index in [0.29, 0.717) is 43.3 Å². The van der Waals surface area contributed by atoms with Crippen molar-refractivity contribution < 1.29 is 47.6 Å². The third kappa shape index (κ3) is 23.3. The second-order valence-corrected chi connectivity index (χ2v) is 16.4. The predicted molar refractivity (Wildman–Crippen MR) is 253 cm³/mol. The lowest BCUT2D eigenvalue weighted by molar-refractivity contribution is -0.138. The minimum Gasteiger partial charge on any atom is -0.494 e. The van der Waals surface area contributed by atoms with Crippen LogP contribution in [0.5, 0.6) is 17.2 Å². The minimum absolute atomic E-state index is 0.0566. The van der Waals surface area contributed by atoms with Gasteiger partial charge in [0.1, 0.15) is 23.4 Å². The molecule has 0 aliphatic heterocycles. The monoisotopic (exact) mass is 883 g/mol. The van der Waals surface area contributed by atoms with Gasteiger partial charge < -0.3 is 28.4 Å². The maximum Gasteiger partial charge on any atom is 0.343 e. The van der Waals surface area contributed by atoms with E-state index in [4.69, 9.17) is 28.4 Å². The Morgan fingerprint density at radius 2 is 0.969 bits per heavy atom. The number of carbonyl (C=O) groups is 4. The molecule has 1 aliphatic carbocycles. The maximum absolute atomic E-state index is 12.5. The fourth-order valence-corrected chi connectivity index (χ4v) is 7.24. The van der Waals surface area contributed by atoms with Gasteiger partial charge in [0.2, 0.25) is 0 Å². The van der Waals surface area contributed by atoms with E-state index in [-0.39, 0.29) is 30.0 Å². The van der Waals surface area contributed by atoms with Crippen LogP contribution in [0.1, 0.15) is 162 Å². The normalized spacial score (nSPS) is 14.2. The van der Waals surface area contributed by atoms with Gasteiger partial charge in [0, 0.05) is 12.2 Å². The number of aryl methyl sites for hydroxylation is 1. The molecule has 4 rings (SSSR count). The zero-order chi connectivity index (χ0) is 46.0. The van der Waals surface area contributed by atoms with Crippen LogP contribution in [-0.4, -0.2) is 56.4 Å². The molecule has 0 saturated heterocycles. The molecule has 0 aromatic heterocycles. The Balaban J connectivity index is 0.000000340. The summed E-state index contributed by atoms with van der Waals surface area (Å²) < 4.78 is 32.6. The molecule has 0 heterocycles. The average molecular weight is 883 g/mol. The molecule has 0 N–H and O–H groups in total. The summed E-state index contributed by atoms with van der Waals surface area (Å²) in [4.78, 5) is 46.7. The van der Waals surface area contributed by atoms with Gasteiger partial charge in [-0.3, -0.25) is 0 Å². The molecule has 0 bridgehead atoms. The van der Waals surface area contributed by atoms with Crippen LogP contribution in [0.3, 0.4) is 0 Å². The standard InChI is InChI=1S/C27H40O5.C27H34O5/c2*1-3-5-8-11-22-12-16-25(17-13-22)32-27(29)23-14-18-24(19-15-23)30-20-9-6-7-10-21-31-26(28)4-2/h4,14-15,18-19,22,25H,2-3,5-13,16-17,20-21H2,1H3;4,12-19H,2-3,5-11,20-21H2,1H3. The van der Waals surface area contributed by atoms with Crippen molar-refractivity contribution in [1.29, 1.82) is 0 Å². The summed E-state index contributed by atoms with van der Waals surface area (Å²) in [6, 6.07) is 21.9. The van der Waals surface area contributed by atoms with E-state index < -0.39 is 0 Å². The molecule has 10 heteroatoms. The SMILES string of the molecule is C=CC(=O)OCCCCCCOc1ccc(C(=O)OC2CCC(CCCCC)CC2)cc1.C=CC(=O)OCCCCCCOc1ccc(C(=O)Oc2ccc(CCCCC)cc2)cc1. The van der Waals surface area contributed by atoms with Crippen molar-refractivity contribution in [2.75, 3.05) is 26.4 Å². The Morgan fingerprint density at radius 3 is 1.45 bits per heavy atom. The first kappa shape index (κ1) is 53.0. The lowest BCUT2D eigenvalue weighted by atomic mass is 9.84. The van der Waals surface area contributed by atoms with Crippen molar-refractivity contribution in [2.45, 2.75) is 148 Å². The van der Waals surface area contributed by atoms with E-state index in [1.165, 1.54) is 75.5 Å². The van der Waals surface area contributed by atoms with E-state index in [2.05, 4.69) is 27.0 Å². The predicted octanol–water partition coefficient (Wildman–Crippen LogP) is 13.0. The molecule has 1 fully saturated rings. The lowest BCUT2D eigenvalue weighted by Crippen LogP contribution is -2.24. The number of esters is 4. The van der Waals surface area contributed by atoms with Gasteiger partial charge in [0.15, 0.2) is 0 Å². The smallest absolute Gasteiger partial charge is 0.343 e. The summed E-state index contributed by atoms with van der Waals surface area (Å²) in [6.07, 6.45) is 24.1. The molecule has 64 heavy (non-hydrogen) atoms. The molecule has 350 valence electrons. The highest BCUT2D eigenvalue weighted by Crippen LogP contribution is 2.30. The van der Waals surface area contributed by atoms with Gasteiger partial charge in [-0.25, -0.2) is 19.2 Å². The third-order valence-electron chi connectivity index (χ3n) is 11.1. The zero-order valence-electron chi connectivity index (χ0n) is 38.7. The lowest BCUT2D eigenvalue weighted by Gasteiger charge is -2.28. The topological polar surface area (TPSA) is 124 Å². The molecule has 10 nitrogen and oxygen atoms in total. The van der Waals surface area contributed by atoms with Gasteiger partial charge in [0.25, 0.3) is 0 Å². The highest BCUT2D eigenvalue weighted by Gasteiger charge is 2.24. The molecule has 0 unspecified atom stereocenters. The van der Waals surface area contributed by atoms with Gasteiger partial charge >= 0.3 is 23.9 Å². The summed E-state index contributed by atoms with van der Waals surface area (Å²) in [5.74, 6) is 1.47. The zero-order valence-corrected chi connectivity index (χ0v) is 38.7. The van der Waals surface area contributed by atoms with Crippen LogP contribution < -0.4 is 14.2 Å². The number of ether oxygens (including phenoxy) is 6. The van der Waals surface area contributed by atoms with E-state index in [1.807, 2.05) is 36.4 Å². The van der Waals surface area contributed by atoms with E-state index in [9.17, 15) is 19.2 Å². The third-order valence-corrected chi connectivity index (χ3v) is 11.1. The summed E-state index contributed by atoms with van der Waals surface area (Å²) >= 11 is 0. The van der Waals surface area contributed by atoms with Gasteiger partial charge in [-0.05, 0) is 162 Å². The first-order valence-corrected chi connectivity index (χ1v) is 23.8. The van der Waals surface area contributed by atoms with Crippen molar-refractivity contribution in [3.8, 4) is 17.2 Å². The number of hydrogen-bond donors (Lipinski definition) is 0. The van der Waals surface area contributed by atoms with Gasteiger partial charge in [0.05, 0.1) is 37.6 Å².